The Balaban J connectivity index is 0.000000705. The molecule has 6 rings (SSSR count). The van der Waals surface area contributed by atoms with Crippen molar-refractivity contribution in [3.05, 3.63) is 101 Å². The highest BCUT2D eigenvalue weighted by molar-refractivity contribution is 7.93. The molecule has 0 spiro atoms. The number of methoxy groups -OCH3 is 2. The van der Waals surface area contributed by atoms with E-state index in [0.29, 0.717) is 66.0 Å². The number of alkyl halides is 3. The number of halogens is 4. The number of carboxylic acid groups (broad SMARTS) is 1. The number of rotatable bonds is 11. The van der Waals surface area contributed by atoms with Crippen LogP contribution in [-0.2, 0) is 31.7 Å². The van der Waals surface area contributed by atoms with E-state index < -0.39 is 39.7 Å². The van der Waals surface area contributed by atoms with E-state index in [1.165, 1.54) is 44.7 Å². The van der Waals surface area contributed by atoms with Gasteiger partial charge in [0.1, 0.15) is 17.8 Å². The number of anilines is 1. The van der Waals surface area contributed by atoms with E-state index in [9.17, 15) is 26.7 Å². The van der Waals surface area contributed by atoms with Crippen LogP contribution >= 0.6 is 11.6 Å². The van der Waals surface area contributed by atoms with Crippen molar-refractivity contribution < 1.29 is 55.3 Å². The summed E-state index contributed by atoms with van der Waals surface area (Å²) in [6.45, 7) is 1.31. The van der Waals surface area contributed by atoms with Crippen molar-refractivity contribution in [2.75, 3.05) is 45.3 Å². The Labute approximate surface area is 308 Å². The second-order valence-electron chi connectivity index (χ2n) is 12.1. The molecule has 18 heteroatoms. The zero-order valence-electron chi connectivity index (χ0n) is 28.7. The maximum Gasteiger partial charge on any atom is 0.490 e. The number of amides is 1. The average molecular weight is 781 g/mol. The number of nitrogens with zero attached hydrogens (tertiary/aromatic N) is 4. The van der Waals surface area contributed by atoms with Gasteiger partial charge in [-0.3, -0.25) is 14.6 Å². The molecule has 0 bridgehead atoms. The van der Waals surface area contributed by atoms with Crippen LogP contribution in [0.15, 0.2) is 82.4 Å². The summed E-state index contributed by atoms with van der Waals surface area (Å²) in [6.07, 6.45) is -0.723. The lowest BCUT2D eigenvalue weighted by Gasteiger charge is -2.41. The molecule has 2 aliphatic heterocycles. The molecule has 0 saturated carbocycles. The number of likely N-dealkylation sites (N-methyl/N-ethyl adjacent to an activating group) is 1. The number of carbonyl (C=O) groups is 2. The van der Waals surface area contributed by atoms with Crippen LogP contribution in [0.25, 0.3) is 0 Å². The fourth-order valence-corrected chi connectivity index (χ4v) is 8.28. The Morgan fingerprint density at radius 3 is 2.38 bits per heavy atom. The van der Waals surface area contributed by atoms with Gasteiger partial charge in [0.25, 0.3) is 15.9 Å². The molecule has 2 N–H and O–H groups in total. The van der Waals surface area contributed by atoms with E-state index in [4.69, 9.17) is 35.4 Å². The number of ether oxygens (including phenoxy) is 2. The van der Waals surface area contributed by atoms with Crippen molar-refractivity contribution in [3.63, 3.8) is 0 Å². The second-order valence-corrected chi connectivity index (χ2v) is 14.4. The molecule has 3 heterocycles. The number of aliphatic hydroxyl groups is 1. The third-order valence-corrected chi connectivity index (χ3v) is 10.9. The van der Waals surface area contributed by atoms with Crippen molar-refractivity contribution in [3.8, 4) is 11.5 Å². The molecular weight excluding hydrogens is 745 g/mol. The molecule has 1 unspecified atom stereocenters. The molecule has 2 aliphatic rings. The number of benzene rings is 3. The topological polar surface area (TPSA) is 163 Å². The first kappa shape index (κ1) is 39.5. The molecule has 0 aliphatic carbocycles. The number of aromatic nitrogens is 1. The van der Waals surface area contributed by atoms with Crippen LogP contribution in [0.2, 0.25) is 5.02 Å². The zero-order chi connectivity index (χ0) is 38.7. The number of sulfonamides is 1. The number of hydrogen-bond acceptors (Lipinski definition) is 11. The predicted molar refractivity (Wildman–Crippen MR) is 185 cm³/mol. The summed E-state index contributed by atoms with van der Waals surface area (Å²) in [4.78, 5) is 32.6. The minimum absolute atomic E-state index is 0.0163. The van der Waals surface area contributed by atoms with Crippen molar-refractivity contribution >= 4 is 39.2 Å². The molecule has 4 aromatic rings. The van der Waals surface area contributed by atoms with E-state index in [-0.39, 0.29) is 17.2 Å². The fourth-order valence-electron chi connectivity index (χ4n) is 6.65. The monoisotopic (exact) mass is 780 g/mol. The van der Waals surface area contributed by atoms with E-state index in [1.54, 1.807) is 30.5 Å². The quantitative estimate of drug-likeness (QED) is 0.205. The van der Waals surface area contributed by atoms with E-state index in [2.05, 4.69) is 4.98 Å². The minimum atomic E-state index is -5.08. The third kappa shape index (κ3) is 7.57. The lowest BCUT2D eigenvalue weighted by atomic mass is 9.80. The number of fused-ring (bicyclic) bond motifs is 1. The number of carbonyl (C=O) groups excluding carboxylic acids is 1. The Bertz CT molecular complexity index is 2050. The highest BCUT2D eigenvalue weighted by Crippen LogP contribution is 2.57. The molecule has 1 amide bonds. The van der Waals surface area contributed by atoms with Gasteiger partial charge >= 0.3 is 12.1 Å². The molecular formula is C35H36ClF3N4O9S. The van der Waals surface area contributed by atoms with Gasteiger partial charge in [0, 0.05) is 35.8 Å². The summed E-state index contributed by atoms with van der Waals surface area (Å²) in [5, 5.41) is 17.0. The van der Waals surface area contributed by atoms with E-state index in [0.717, 1.165) is 9.87 Å². The van der Waals surface area contributed by atoms with Gasteiger partial charge in [-0.05, 0) is 80.1 Å². The lowest BCUT2D eigenvalue weighted by molar-refractivity contribution is -0.192. The van der Waals surface area contributed by atoms with Crippen LogP contribution in [-0.4, -0.2) is 92.4 Å². The van der Waals surface area contributed by atoms with Crippen molar-refractivity contribution in [1.82, 2.24) is 14.8 Å². The first-order valence-electron chi connectivity index (χ1n) is 16.1. The zero-order valence-corrected chi connectivity index (χ0v) is 30.3. The van der Waals surface area contributed by atoms with Crippen LogP contribution in [0, 0.1) is 0 Å². The molecule has 1 aromatic heterocycles. The van der Waals surface area contributed by atoms with Crippen LogP contribution < -0.4 is 13.8 Å². The van der Waals surface area contributed by atoms with Gasteiger partial charge < -0.3 is 24.1 Å². The van der Waals surface area contributed by atoms with Crippen LogP contribution in [0.4, 0.5) is 18.9 Å². The lowest BCUT2D eigenvalue weighted by Crippen LogP contribution is -2.54. The third-order valence-electron chi connectivity index (χ3n) is 8.91. The summed E-state index contributed by atoms with van der Waals surface area (Å²) < 4.78 is 78.6. The first-order valence-corrected chi connectivity index (χ1v) is 17.9. The van der Waals surface area contributed by atoms with Crippen molar-refractivity contribution in [2.45, 2.75) is 42.0 Å². The molecule has 284 valence electrons. The fraction of sp³-hybridized carbons (Fsp3) is 0.343. The van der Waals surface area contributed by atoms with Gasteiger partial charge in [-0.2, -0.15) is 13.2 Å². The number of aliphatic carboxylic acids is 1. The Morgan fingerprint density at radius 2 is 1.79 bits per heavy atom. The van der Waals surface area contributed by atoms with Gasteiger partial charge in [0.15, 0.2) is 5.54 Å². The Morgan fingerprint density at radius 1 is 1.09 bits per heavy atom. The van der Waals surface area contributed by atoms with Gasteiger partial charge in [-0.15, -0.1) is 0 Å². The first-order chi connectivity index (χ1) is 25.1. The average Bonchev–Trinajstić information content (AvgIpc) is 3.87. The predicted octanol–water partition coefficient (Wildman–Crippen LogP) is 5.22. The molecule has 1 fully saturated rings. The van der Waals surface area contributed by atoms with Crippen LogP contribution in [0.5, 0.6) is 11.5 Å². The number of hydrogen-bond donors (Lipinski definition) is 2. The normalized spacial score (nSPS) is 18.8. The second kappa shape index (κ2) is 15.7. The van der Waals surface area contributed by atoms with E-state index >= 15 is 4.79 Å². The largest absolute Gasteiger partial charge is 0.497 e. The molecule has 13 nitrogen and oxygen atoms in total. The highest BCUT2D eigenvalue weighted by Gasteiger charge is 2.63. The standard InChI is InChI=1S/C33H35ClN4O7S.C2HF3O2/c1-36(16-17-39)21-22-6-13-30(44-3)27(19-22)33(37-15-4-5-29(37)31-35-14-18-45-31)26-20-23(34)7-12-28(26)38(32(33)40)46(41,42)25-10-8-24(43-2)9-11-25;3-2(4,5)1(6)7/h6-14,18-20,29,39H,4-5,15-17,21H2,1-3H3;(H,6,7)/t29-,33?;/m0./s1. The highest BCUT2D eigenvalue weighted by atomic mass is 35.5. The van der Waals surface area contributed by atoms with Crippen LogP contribution in [0.3, 0.4) is 0 Å². The Kier molecular flexibility index (Phi) is 11.7. The maximum atomic E-state index is 15.4. The van der Waals surface area contributed by atoms with Crippen molar-refractivity contribution in [2.24, 2.45) is 0 Å². The summed E-state index contributed by atoms with van der Waals surface area (Å²) in [5.74, 6) is -2.16. The van der Waals surface area contributed by atoms with Crippen molar-refractivity contribution in [1.29, 1.82) is 0 Å². The summed E-state index contributed by atoms with van der Waals surface area (Å²) in [6, 6.07) is 15.8. The summed E-state index contributed by atoms with van der Waals surface area (Å²) in [5.41, 5.74) is 0.190. The van der Waals surface area contributed by atoms with Gasteiger partial charge in [0.2, 0.25) is 5.89 Å². The van der Waals surface area contributed by atoms with Gasteiger partial charge in [0.05, 0.1) is 43.6 Å². The number of carboxylic acids is 1. The maximum absolute atomic E-state index is 15.4. The molecule has 3 aromatic carbocycles. The van der Waals surface area contributed by atoms with Crippen LogP contribution in [0.1, 0.15) is 41.5 Å². The molecule has 1 saturated heterocycles. The number of aliphatic hydroxyl groups excluding tert-OH is 1. The minimum Gasteiger partial charge on any atom is -0.497 e. The number of oxazole rings is 1. The molecule has 53 heavy (non-hydrogen) atoms. The molecule has 2 atom stereocenters. The van der Waals surface area contributed by atoms with Gasteiger partial charge in [-0.25, -0.2) is 22.5 Å². The smallest absolute Gasteiger partial charge is 0.490 e. The summed E-state index contributed by atoms with van der Waals surface area (Å²) >= 11 is 6.65. The van der Waals surface area contributed by atoms with Gasteiger partial charge in [-0.1, -0.05) is 17.7 Å². The summed E-state index contributed by atoms with van der Waals surface area (Å²) in [7, 11) is 0.459. The Hall–Kier alpha value is -4.68. The molecule has 0 radical (unpaired) electrons. The number of likely N-dealkylation sites (tertiary alicyclic amines) is 1. The van der Waals surface area contributed by atoms with E-state index in [1.807, 2.05) is 29.0 Å². The SMILES string of the molecule is COc1ccc(S(=O)(=O)N2C(=O)C(c3cc(CN(C)CCO)ccc3OC)(N3CCC[C@H]3c3ncco3)c3cc(Cl)ccc32)cc1.O=C(O)C(F)(F)F.